The predicted molar refractivity (Wildman–Crippen MR) is 59.4 cm³/mol. The lowest BCUT2D eigenvalue weighted by atomic mass is 9.96. The Kier molecular flexibility index (Phi) is 3.03. The van der Waals surface area contributed by atoms with Gasteiger partial charge in [-0.1, -0.05) is 24.1 Å². The van der Waals surface area contributed by atoms with Gasteiger partial charge in [0.15, 0.2) is 11.5 Å². The maximum Gasteiger partial charge on any atom is 0.176 e. The van der Waals surface area contributed by atoms with Crippen molar-refractivity contribution in [1.82, 2.24) is 5.32 Å². The first-order chi connectivity index (χ1) is 7.20. The van der Waals surface area contributed by atoms with Crippen molar-refractivity contribution in [3.8, 4) is 11.5 Å². The Morgan fingerprint density at radius 2 is 2.00 bits per heavy atom. The van der Waals surface area contributed by atoms with E-state index < -0.39 is 0 Å². The normalized spacial score (nSPS) is 21.5. The average Bonchev–Trinajstić information content (AvgIpc) is 2.27. The van der Waals surface area contributed by atoms with Gasteiger partial charge in [0.1, 0.15) is 0 Å². The number of aromatic hydroxyl groups is 2. The first kappa shape index (κ1) is 10.6. The zero-order valence-corrected chi connectivity index (χ0v) is 9.09. The topological polar surface area (TPSA) is 52.5 Å². The van der Waals surface area contributed by atoms with Crippen molar-refractivity contribution in [1.29, 1.82) is 0 Å². The fraction of sp³-hybridized carbons (Fsp3) is 0.455. The quantitative estimate of drug-likeness (QED) is 0.647. The highest BCUT2D eigenvalue weighted by Crippen LogP contribution is 2.40. The molecule has 4 heteroatoms. The molecule has 0 bridgehead atoms. The second-order valence-corrected chi connectivity index (χ2v) is 4.24. The molecule has 0 saturated carbocycles. The molecular formula is C11H14ClNO2. The van der Waals surface area contributed by atoms with Crippen LogP contribution in [0.2, 0.25) is 5.02 Å². The molecule has 1 aliphatic heterocycles. The highest BCUT2D eigenvalue weighted by Gasteiger charge is 2.20. The van der Waals surface area contributed by atoms with Crippen LogP contribution in [0, 0.1) is 0 Å². The zero-order valence-electron chi connectivity index (χ0n) is 8.33. The Labute approximate surface area is 93.7 Å². The average molecular weight is 228 g/mol. The van der Waals surface area contributed by atoms with E-state index in [1.54, 1.807) is 12.1 Å². The second-order valence-electron chi connectivity index (χ2n) is 3.84. The van der Waals surface area contributed by atoms with Gasteiger partial charge in [0.05, 0.1) is 5.02 Å². The SMILES string of the molecule is Oc1c(Cl)ccc(C2CCCCN2)c1O. The third-order valence-corrected chi connectivity index (χ3v) is 3.12. The number of phenolic OH excluding ortho intramolecular Hbond substituents is 2. The summed E-state index contributed by atoms with van der Waals surface area (Å²) in [6.45, 7) is 0.952. The maximum atomic E-state index is 9.76. The Bertz CT molecular complexity index is 362. The molecule has 1 aromatic rings. The van der Waals surface area contributed by atoms with E-state index in [0.717, 1.165) is 31.4 Å². The molecule has 0 spiro atoms. The van der Waals surface area contributed by atoms with Gasteiger partial charge in [-0.3, -0.25) is 0 Å². The molecule has 0 amide bonds. The number of nitrogens with one attached hydrogen (secondary N) is 1. The van der Waals surface area contributed by atoms with Crippen molar-refractivity contribution in [3.63, 3.8) is 0 Å². The van der Waals surface area contributed by atoms with Crippen LogP contribution in [0.15, 0.2) is 12.1 Å². The lowest BCUT2D eigenvalue weighted by Crippen LogP contribution is -2.26. The van der Waals surface area contributed by atoms with E-state index in [1.165, 1.54) is 0 Å². The Morgan fingerprint density at radius 3 is 2.67 bits per heavy atom. The smallest absolute Gasteiger partial charge is 0.176 e. The van der Waals surface area contributed by atoms with Gasteiger partial charge in [0.2, 0.25) is 0 Å². The van der Waals surface area contributed by atoms with Crippen molar-refractivity contribution in [2.75, 3.05) is 6.54 Å². The van der Waals surface area contributed by atoms with Gasteiger partial charge in [-0.2, -0.15) is 0 Å². The van der Waals surface area contributed by atoms with Crippen LogP contribution in [-0.2, 0) is 0 Å². The van der Waals surface area contributed by atoms with Gasteiger partial charge in [0, 0.05) is 11.6 Å². The highest BCUT2D eigenvalue weighted by atomic mass is 35.5. The summed E-state index contributed by atoms with van der Waals surface area (Å²) in [5, 5.41) is 22.8. The standard InChI is InChI=1S/C11H14ClNO2/c12-8-5-4-7(10(14)11(8)15)9-3-1-2-6-13-9/h4-5,9,13-15H,1-3,6H2. The van der Waals surface area contributed by atoms with E-state index in [2.05, 4.69) is 5.32 Å². The summed E-state index contributed by atoms with van der Waals surface area (Å²) >= 11 is 5.69. The number of hydrogen-bond acceptors (Lipinski definition) is 3. The number of piperidine rings is 1. The highest BCUT2D eigenvalue weighted by molar-refractivity contribution is 6.32. The summed E-state index contributed by atoms with van der Waals surface area (Å²) in [6.07, 6.45) is 3.28. The van der Waals surface area contributed by atoms with E-state index in [0.29, 0.717) is 0 Å². The van der Waals surface area contributed by atoms with Crippen molar-refractivity contribution in [2.45, 2.75) is 25.3 Å². The van der Waals surface area contributed by atoms with Gasteiger partial charge >= 0.3 is 0 Å². The van der Waals surface area contributed by atoms with Crippen molar-refractivity contribution >= 4 is 11.6 Å². The van der Waals surface area contributed by atoms with Crippen LogP contribution in [0.25, 0.3) is 0 Å². The minimum absolute atomic E-state index is 0.0955. The van der Waals surface area contributed by atoms with Crippen LogP contribution >= 0.6 is 11.6 Å². The maximum absolute atomic E-state index is 9.76. The summed E-state index contributed by atoms with van der Waals surface area (Å²) in [4.78, 5) is 0. The summed E-state index contributed by atoms with van der Waals surface area (Å²) in [7, 11) is 0. The minimum atomic E-state index is -0.221. The van der Waals surface area contributed by atoms with Gasteiger partial charge in [-0.25, -0.2) is 0 Å². The molecule has 1 aromatic carbocycles. The summed E-state index contributed by atoms with van der Waals surface area (Å²) < 4.78 is 0. The molecule has 0 radical (unpaired) electrons. The summed E-state index contributed by atoms with van der Waals surface area (Å²) in [5.74, 6) is -0.316. The predicted octanol–water partition coefficient (Wildman–Crippen LogP) is 2.57. The van der Waals surface area contributed by atoms with Crippen molar-refractivity contribution < 1.29 is 10.2 Å². The first-order valence-electron chi connectivity index (χ1n) is 5.14. The van der Waals surface area contributed by atoms with E-state index in [1.807, 2.05) is 0 Å². The molecular weight excluding hydrogens is 214 g/mol. The molecule has 82 valence electrons. The van der Waals surface area contributed by atoms with Crippen LogP contribution in [0.1, 0.15) is 30.9 Å². The molecule has 1 unspecified atom stereocenters. The van der Waals surface area contributed by atoms with Crippen molar-refractivity contribution in [2.24, 2.45) is 0 Å². The number of halogens is 1. The first-order valence-corrected chi connectivity index (χ1v) is 5.51. The third-order valence-electron chi connectivity index (χ3n) is 2.82. The van der Waals surface area contributed by atoms with Crippen molar-refractivity contribution in [3.05, 3.63) is 22.7 Å². The zero-order chi connectivity index (χ0) is 10.8. The number of rotatable bonds is 1. The van der Waals surface area contributed by atoms with Gasteiger partial charge in [0.25, 0.3) is 0 Å². The van der Waals surface area contributed by atoms with E-state index in [-0.39, 0.29) is 22.6 Å². The lowest BCUT2D eigenvalue weighted by molar-refractivity contribution is 0.369. The lowest BCUT2D eigenvalue weighted by Gasteiger charge is -2.24. The summed E-state index contributed by atoms with van der Waals surface area (Å²) in [5.41, 5.74) is 0.733. The van der Waals surface area contributed by atoms with Gasteiger partial charge in [-0.05, 0) is 25.5 Å². The third kappa shape index (κ3) is 2.03. The molecule has 3 N–H and O–H groups in total. The molecule has 0 aliphatic carbocycles. The molecule has 3 nitrogen and oxygen atoms in total. The molecule has 1 saturated heterocycles. The monoisotopic (exact) mass is 227 g/mol. The van der Waals surface area contributed by atoms with Crippen LogP contribution in [0.4, 0.5) is 0 Å². The van der Waals surface area contributed by atoms with Gasteiger partial charge < -0.3 is 15.5 Å². The van der Waals surface area contributed by atoms with Gasteiger partial charge in [-0.15, -0.1) is 0 Å². The fourth-order valence-corrected chi connectivity index (χ4v) is 2.12. The van der Waals surface area contributed by atoms with E-state index >= 15 is 0 Å². The molecule has 1 aliphatic rings. The van der Waals surface area contributed by atoms with Crippen LogP contribution < -0.4 is 5.32 Å². The number of phenols is 2. The Hall–Kier alpha value is -0.930. The van der Waals surface area contributed by atoms with Crippen LogP contribution in [0.5, 0.6) is 11.5 Å². The molecule has 15 heavy (non-hydrogen) atoms. The molecule has 1 heterocycles. The van der Waals surface area contributed by atoms with E-state index in [9.17, 15) is 10.2 Å². The fourth-order valence-electron chi connectivity index (χ4n) is 1.97. The van der Waals surface area contributed by atoms with Crippen LogP contribution in [-0.4, -0.2) is 16.8 Å². The minimum Gasteiger partial charge on any atom is -0.504 e. The molecule has 1 atom stereocenters. The second kappa shape index (κ2) is 4.29. The molecule has 0 aromatic heterocycles. The number of benzene rings is 1. The number of hydrogen-bond donors (Lipinski definition) is 3. The Balaban J connectivity index is 2.31. The van der Waals surface area contributed by atoms with Crippen LogP contribution in [0.3, 0.4) is 0 Å². The summed E-state index contributed by atoms with van der Waals surface area (Å²) in [6, 6.07) is 3.50. The van der Waals surface area contributed by atoms with E-state index in [4.69, 9.17) is 11.6 Å². The Morgan fingerprint density at radius 1 is 1.20 bits per heavy atom. The largest absolute Gasteiger partial charge is 0.504 e. The molecule has 1 fully saturated rings. The molecule has 2 rings (SSSR count).